The number of benzene rings is 1. The third kappa shape index (κ3) is 5.19. The first-order valence-electron chi connectivity index (χ1n) is 8.59. The number of fused-ring (bicyclic) bond motifs is 1. The van der Waals surface area contributed by atoms with Gasteiger partial charge in [-0.15, -0.1) is 0 Å². The second kappa shape index (κ2) is 9.75. The first-order chi connectivity index (χ1) is 14.9. The van der Waals surface area contributed by atoms with Crippen molar-refractivity contribution in [3.8, 4) is 17.7 Å². The molecule has 2 amide bonds. The Hall–Kier alpha value is -3.88. The van der Waals surface area contributed by atoms with Crippen LogP contribution >= 0.6 is 23.2 Å². The standard InChI is InChI=1S/C18H13Cl2N7O4/c1-2-30-18(29)25-16(28)13(7-21)27-26-9-5-11(19)14(12(20)6-9)31-17-10-3-4-22-15(10)23-8-24-17/h3-6,8,26H,2H2,1H3,(H,22,23,24)(H,25,28,29)/b27-13+. The van der Waals surface area contributed by atoms with Gasteiger partial charge >= 0.3 is 6.09 Å². The minimum atomic E-state index is -1.04. The molecule has 0 saturated heterocycles. The van der Waals surface area contributed by atoms with Gasteiger partial charge in [0.2, 0.25) is 11.6 Å². The molecule has 11 nitrogen and oxygen atoms in total. The van der Waals surface area contributed by atoms with E-state index in [9.17, 15) is 9.59 Å². The van der Waals surface area contributed by atoms with Crippen molar-refractivity contribution in [2.75, 3.05) is 12.0 Å². The molecule has 0 spiro atoms. The number of anilines is 1. The van der Waals surface area contributed by atoms with Crippen LogP contribution in [-0.2, 0) is 9.53 Å². The number of carbonyl (C=O) groups excluding carboxylic acids is 2. The van der Waals surface area contributed by atoms with E-state index in [4.69, 9.17) is 33.2 Å². The van der Waals surface area contributed by atoms with E-state index in [-0.39, 0.29) is 34.0 Å². The van der Waals surface area contributed by atoms with Crippen LogP contribution in [0, 0.1) is 11.3 Å². The highest BCUT2D eigenvalue weighted by Crippen LogP contribution is 2.39. The molecule has 1 aromatic carbocycles. The first kappa shape index (κ1) is 21.8. The van der Waals surface area contributed by atoms with Gasteiger partial charge < -0.3 is 14.5 Å². The molecule has 0 unspecified atom stereocenters. The molecule has 31 heavy (non-hydrogen) atoms. The number of nitrogens with zero attached hydrogens (tertiary/aromatic N) is 4. The number of imide groups is 1. The quantitative estimate of drug-likeness (QED) is 0.371. The second-order valence-electron chi connectivity index (χ2n) is 5.65. The SMILES string of the molecule is CCOC(=O)NC(=O)/C(C#N)=N/Nc1cc(Cl)c(Oc2ncnc3[nH]ccc23)c(Cl)c1. The molecule has 0 aliphatic carbocycles. The van der Waals surface area contributed by atoms with Crippen LogP contribution in [0.1, 0.15) is 6.92 Å². The van der Waals surface area contributed by atoms with E-state index in [0.29, 0.717) is 11.0 Å². The Labute approximate surface area is 185 Å². The lowest BCUT2D eigenvalue weighted by Gasteiger charge is -2.11. The maximum atomic E-state index is 11.9. The predicted octanol–water partition coefficient (Wildman–Crippen LogP) is 3.62. The Bertz CT molecular complexity index is 1200. The average Bonchev–Trinajstić information content (AvgIpc) is 3.21. The van der Waals surface area contributed by atoms with Crippen molar-refractivity contribution in [3.05, 3.63) is 40.8 Å². The smallest absolute Gasteiger partial charge is 0.414 e. The van der Waals surface area contributed by atoms with Crippen molar-refractivity contribution in [2.24, 2.45) is 5.10 Å². The van der Waals surface area contributed by atoms with Gasteiger partial charge in [-0.2, -0.15) is 10.4 Å². The van der Waals surface area contributed by atoms with E-state index < -0.39 is 17.7 Å². The summed E-state index contributed by atoms with van der Waals surface area (Å²) in [5, 5.41) is 15.5. The highest BCUT2D eigenvalue weighted by molar-refractivity contribution is 6.47. The van der Waals surface area contributed by atoms with Crippen molar-refractivity contribution in [1.82, 2.24) is 20.3 Å². The Morgan fingerprint density at radius 2 is 2.03 bits per heavy atom. The highest BCUT2D eigenvalue weighted by Gasteiger charge is 2.17. The van der Waals surface area contributed by atoms with Crippen molar-refractivity contribution >= 4 is 57.6 Å². The molecule has 0 aliphatic heterocycles. The predicted molar refractivity (Wildman–Crippen MR) is 112 cm³/mol. The van der Waals surface area contributed by atoms with Crippen LogP contribution in [-0.4, -0.2) is 39.3 Å². The van der Waals surface area contributed by atoms with E-state index in [1.54, 1.807) is 25.3 Å². The van der Waals surface area contributed by atoms with E-state index in [0.717, 1.165) is 0 Å². The number of nitrogens with one attached hydrogen (secondary N) is 3. The Kier molecular flexibility index (Phi) is 6.86. The zero-order chi connectivity index (χ0) is 22.4. The summed E-state index contributed by atoms with van der Waals surface area (Å²) < 4.78 is 10.3. The van der Waals surface area contributed by atoms with Gasteiger partial charge in [-0.3, -0.25) is 15.5 Å². The number of ether oxygens (including phenoxy) is 2. The lowest BCUT2D eigenvalue weighted by molar-refractivity contribution is -0.114. The molecule has 0 radical (unpaired) electrons. The van der Waals surface area contributed by atoms with Crippen LogP contribution in [0.2, 0.25) is 10.0 Å². The summed E-state index contributed by atoms with van der Waals surface area (Å²) in [6.07, 6.45) is 2.01. The molecule has 3 aromatic rings. The Morgan fingerprint density at radius 3 is 2.71 bits per heavy atom. The van der Waals surface area contributed by atoms with Gasteiger partial charge in [-0.1, -0.05) is 23.2 Å². The Morgan fingerprint density at radius 1 is 1.29 bits per heavy atom. The maximum Gasteiger partial charge on any atom is 0.414 e. The van der Waals surface area contributed by atoms with Crippen molar-refractivity contribution in [1.29, 1.82) is 5.26 Å². The lowest BCUT2D eigenvalue weighted by Crippen LogP contribution is -2.36. The van der Waals surface area contributed by atoms with Gasteiger partial charge in [-0.25, -0.2) is 14.8 Å². The molecule has 0 aliphatic rings. The molecular formula is C18H13Cl2N7O4. The first-order valence-corrected chi connectivity index (χ1v) is 9.35. The fraction of sp³-hybridized carbons (Fsp3) is 0.111. The normalized spacial score (nSPS) is 11.0. The number of amides is 2. The maximum absolute atomic E-state index is 11.9. The Balaban J connectivity index is 1.77. The molecule has 13 heteroatoms. The molecule has 158 valence electrons. The van der Waals surface area contributed by atoms with Crippen LogP contribution in [0.15, 0.2) is 35.8 Å². The highest BCUT2D eigenvalue weighted by atomic mass is 35.5. The van der Waals surface area contributed by atoms with Crippen LogP contribution in [0.4, 0.5) is 10.5 Å². The van der Waals surface area contributed by atoms with Crippen molar-refractivity contribution < 1.29 is 19.1 Å². The van der Waals surface area contributed by atoms with Crippen molar-refractivity contribution in [3.63, 3.8) is 0 Å². The zero-order valence-corrected chi connectivity index (χ0v) is 17.3. The van der Waals surface area contributed by atoms with Gasteiger partial charge in [0, 0.05) is 6.20 Å². The van der Waals surface area contributed by atoms with E-state index >= 15 is 0 Å². The summed E-state index contributed by atoms with van der Waals surface area (Å²) >= 11 is 12.5. The lowest BCUT2D eigenvalue weighted by atomic mass is 10.3. The summed E-state index contributed by atoms with van der Waals surface area (Å²) in [6, 6.07) is 6.14. The molecule has 3 rings (SSSR count). The number of rotatable bonds is 6. The third-order valence-electron chi connectivity index (χ3n) is 3.62. The average molecular weight is 462 g/mol. The fourth-order valence-corrected chi connectivity index (χ4v) is 2.88. The van der Waals surface area contributed by atoms with Gasteiger partial charge in [0.1, 0.15) is 18.0 Å². The minimum Gasteiger partial charge on any atom is -0.450 e. The summed E-state index contributed by atoms with van der Waals surface area (Å²) in [7, 11) is 0. The van der Waals surface area contributed by atoms with E-state index in [1.165, 1.54) is 18.5 Å². The van der Waals surface area contributed by atoms with Crippen molar-refractivity contribution in [2.45, 2.75) is 6.92 Å². The number of halogens is 2. The molecule has 0 bridgehead atoms. The molecule has 0 saturated carbocycles. The van der Waals surface area contributed by atoms with Crippen LogP contribution in [0.5, 0.6) is 11.6 Å². The molecule has 3 N–H and O–H groups in total. The van der Waals surface area contributed by atoms with E-state index in [2.05, 4.69) is 30.2 Å². The second-order valence-corrected chi connectivity index (χ2v) is 6.46. The minimum absolute atomic E-state index is 0.0619. The zero-order valence-electron chi connectivity index (χ0n) is 15.8. The number of H-pyrrole nitrogens is 1. The van der Waals surface area contributed by atoms with Gasteiger partial charge in [0.05, 0.1) is 27.7 Å². The third-order valence-corrected chi connectivity index (χ3v) is 4.18. The summed E-state index contributed by atoms with van der Waals surface area (Å²) in [4.78, 5) is 34.2. The topological polar surface area (TPSA) is 154 Å². The fourth-order valence-electron chi connectivity index (χ4n) is 2.31. The molecular weight excluding hydrogens is 449 g/mol. The molecule has 2 aromatic heterocycles. The monoisotopic (exact) mass is 461 g/mol. The summed E-state index contributed by atoms with van der Waals surface area (Å²) in [6.45, 7) is 1.63. The molecule has 0 fully saturated rings. The summed E-state index contributed by atoms with van der Waals surface area (Å²) in [5.74, 6) is -0.652. The number of hydrazone groups is 1. The number of aromatic nitrogens is 3. The number of alkyl carbamates (subject to hydrolysis) is 1. The van der Waals surface area contributed by atoms with Crippen LogP contribution < -0.4 is 15.5 Å². The van der Waals surface area contributed by atoms with Crippen LogP contribution in [0.25, 0.3) is 11.0 Å². The van der Waals surface area contributed by atoms with Gasteiger partial charge in [0.15, 0.2) is 5.75 Å². The summed E-state index contributed by atoms with van der Waals surface area (Å²) in [5.41, 5.74) is 2.70. The van der Waals surface area contributed by atoms with Crippen LogP contribution in [0.3, 0.4) is 0 Å². The van der Waals surface area contributed by atoms with E-state index in [1.807, 2.05) is 5.32 Å². The number of nitriles is 1. The number of carbonyl (C=O) groups is 2. The van der Waals surface area contributed by atoms with Gasteiger partial charge in [-0.05, 0) is 25.1 Å². The largest absolute Gasteiger partial charge is 0.450 e. The number of hydrogen-bond acceptors (Lipinski definition) is 9. The molecule has 0 atom stereocenters. The van der Waals surface area contributed by atoms with Gasteiger partial charge in [0.25, 0.3) is 5.91 Å². The number of hydrogen-bond donors (Lipinski definition) is 3. The number of aromatic amines is 1. The molecule has 2 heterocycles.